The van der Waals surface area contributed by atoms with E-state index in [0.717, 1.165) is 0 Å². The predicted molar refractivity (Wildman–Crippen MR) is 75.4 cm³/mol. The Kier molecular flexibility index (Phi) is 4.37. The predicted octanol–water partition coefficient (Wildman–Crippen LogP) is 2.44. The van der Waals surface area contributed by atoms with Crippen molar-refractivity contribution in [1.82, 2.24) is 4.90 Å². The standard InChI is InChI=1S/C15H15FN2O3/c1-10-6-7-13(21-10)15(20)18(2)9-14(19)17-12-5-3-4-11(16)8-12/h3-8H,9H2,1-2H3,(H,17,19). The smallest absolute Gasteiger partial charge is 0.289 e. The molecule has 0 atom stereocenters. The van der Waals surface area contributed by atoms with Crippen LogP contribution in [-0.4, -0.2) is 30.3 Å². The number of anilines is 1. The second-order valence-corrected chi connectivity index (χ2v) is 4.63. The van der Waals surface area contributed by atoms with E-state index < -0.39 is 17.6 Å². The van der Waals surface area contributed by atoms with Crippen molar-refractivity contribution < 1.29 is 18.4 Å². The van der Waals surface area contributed by atoms with E-state index in [1.807, 2.05) is 0 Å². The third-order valence-electron chi connectivity index (χ3n) is 2.79. The van der Waals surface area contributed by atoms with E-state index in [2.05, 4.69) is 5.32 Å². The van der Waals surface area contributed by atoms with Crippen molar-refractivity contribution in [3.63, 3.8) is 0 Å². The lowest BCUT2D eigenvalue weighted by Gasteiger charge is -2.15. The maximum atomic E-state index is 13.0. The first kappa shape index (κ1) is 14.8. The second kappa shape index (κ2) is 6.21. The zero-order valence-corrected chi connectivity index (χ0v) is 11.7. The summed E-state index contributed by atoms with van der Waals surface area (Å²) in [6.07, 6.45) is 0. The molecule has 0 radical (unpaired) electrons. The molecule has 0 aliphatic heterocycles. The van der Waals surface area contributed by atoms with Crippen LogP contribution in [0.1, 0.15) is 16.3 Å². The Hall–Kier alpha value is -2.63. The highest BCUT2D eigenvalue weighted by Gasteiger charge is 2.17. The van der Waals surface area contributed by atoms with Gasteiger partial charge in [-0.25, -0.2) is 4.39 Å². The van der Waals surface area contributed by atoms with E-state index >= 15 is 0 Å². The highest BCUT2D eigenvalue weighted by molar-refractivity contribution is 5.97. The molecule has 1 N–H and O–H groups in total. The normalized spacial score (nSPS) is 10.2. The second-order valence-electron chi connectivity index (χ2n) is 4.63. The van der Waals surface area contributed by atoms with Gasteiger partial charge in [0.05, 0.1) is 6.54 Å². The van der Waals surface area contributed by atoms with Crippen LogP contribution in [0.2, 0.25) is 0 Å². The molecule has 5 nitrogen and oxygen atoms in total. The van der Waals surface area contributed by atoms with Crippen molar-refractivity contribution in [2.24, 2.45) is 0 Å². The summed E-state index contributed by atoms with van der Waals surface area (Å²) in [6.45, 7) is 1.57. The Morgan fingerprint density at radius 1 is 1.29 bits per heavy atom. The topological polar surface area (TPSA) is 62.6 Å². The molecule has 2 amide bonds. The lowest BCUT2D eigenvalue weighted by atomic mass is 10.3. The van der Waals surface area contributed by atoms with Gasteiger partial charge in [0.25, 0.3) is 5.91 Å². The molecule has 1 aromatic carbocycles. The number of hydrogen-bond acceptors (Lipinski definition) is 3. The summed E-state index contributed by atoms with van der Waals surface area (Å²) in [7, 11) is 1.49. The summed E-state index contributed by atoms with van der Waals surface area (Å²) in [5.41, 5.74) is 0.342. The van der Waals surface area contributed by atoms with Crippen LogP contribution in [0.5, 0.6) is 0 Å². The third kappa shape index (κ3) is 3.92. The highest BCUT2D eigenvalue weighted by Crippen LogP contribution is 2.10. The van der Waals surface area contributed by atoms with E-state index in [0.29, 0.717) is 11.4 Å². The molecule has 0 aliphatic rings. The Morgan fingerprint density at radius 3 is 2.67 bits per heavy atom. The maximum absolute atomic E-state index is 13.0. The van der Waals surface area contributed by atoms with Crippen molar-refractivity contribution >= 4 is 17.5 Å². The molecule has 0 fully saturated rings. The Labute approximate surface area is 121 Å². The summed E-state index contributed by atoms with van der Waals surface area (Å²) in [5, 5.41) is 2.52. The van der Waals surface area contributed by atoms with Gasteiger partial charge < -0.3 is 14.6 Å². The molecular weight excluding hydrogens is 275 g/mol. The molecule has 0 saturated carbocycles. The number of nitrogens with zero attached hydrogens (tertiary/aromatic N) is 1. The molecule has 6 heteroatoms. The van der Waals surface area contributed by atoms with E-state index in [1.165, 1.54) is 30.1 Å². The fourth-order valence-corrected chi connectivity index (χ4v) is 1.79. The van der Waals surface area contributed by atoms with Crippen LogP contribution in [0.15, 0.2) is 40.8 Å². The minimum absolute atomic E-state index is 0.158. The minimum Gasteiger partial charge on any atom is -0.456 e. The average molecular weight is 290 g/mol. The van der Waals surface area contributed by atoms with Gasteiger partial charge in [-0.05, 0) is 37.3 Å². The fourth-order valence-electron chi connectivity index (χ4n) is 1.79. The first-order valence-electron chi connectivity index (χ1n) is 6.33. The fraction of sp³-hybridized carbons (Fsp3) is 0.200. The third-order valence-corrected chi connectivity index (χ3v) is 2.79. The van der Waals surface area contributed by atoms with Crippen molar-refractivity contribution in [3.05, 3.63) is 53.7 Å². The molecule has 0 aliphatic carbocycles. The number of amides is 2. The first-order chi connectivity index (χ1) is 9.95. The summed E-state index contributed by atoms with van der Waals surface area (Å²) >= 11 is 0. The summed E-state index contributed by atoms with van der Waals surface area (Å²) in [6, 6.07) is 8.77. The Bertz CT molecular complexity index is 666. The van der Waals surface area contributed by atoms with Crippen LogP contribution in [0.4, 0.5) is 10.1 Å². The van der Waals surface area contributed by atoms with Crippen LogP contribution in [0.25, 0.3) is 0 Å². The summed E-state index contributed by atoms with van der Waals surface area (Å²) in [5.74, 6) is -0.454. The number of benzene rings is 1. The van der Waals surface area contributed by atoms with Gasteiger partial charge in [-0.15, -0.1) is 0 Å². The Morgan fingerprint density at radius 2 is 2.05 bits per heavy atom. The molecule has 2 aromatic rings. The minimum atomic E-state index is -0.441. The first-order valence-corrected chi connectivity index (χ1v) is 6.33. The molecule has 0 bridgehead atoms. The van der Waals surface area contributed by atoms with Crippen molar-refractivity contribution in [1.29, 1.82) is 0 Å². The lowest BCUT2D eigenvalue weighted by molar-refractivity contribution is -0.116. The average Bonchev–Trinajstić information content (AvgIpc) is 2.84. The van der Waals surface area contributed by atoms with Crippen LogP contribution in [0.3, 0.4) is 0 Å². The quantitative estimate of drug-likeness (QED) is 0.940. The van der Waals surface area contributed by atoms with Crippen LogP contribution < -0.4 is 5.32 Å². The van der Waals surface area contributed by atoms with Gasteiger partial charge in [-0.1, -0.05) is 6.07 Å². The van der Waals surface area contributed by atoms with Gasteiger partial charge in [-0.2, -0.15) is 0 Å². The largest absolute Gasteiger partial charge is 0.456 e. The van der Waals surface area contributed by atoms with E-state index in [1.54, 1.807) is 25.1 Å². The molecule has 110 valence electrons. The number of carbonyl (C=O) groups is 2. The number of nitrogens with one attached hydrogen (secondary N) is 1. The number of rotatable bonds is 4. The van der Waals surface area contributed by atoms with Crippen molar-refractivity contribution in [3.8, 4) is 0 Å². The molecule has 1 aromatic heterocycles. The number of hydrogen-bond donors (Lipinski definition) is 1. The van der Waals surface area contributed by atoms with Crippen molar-refractivity contribution in [2.45, 2.75) is 6.92 Å². The number of aryl methyl sites for hydroxylation is 1. The van der Waals surface area contributed by atoms with Gasteiger partial charge in [0.2, 0.25) is 5.91 Å². The molecule has 0 saturated heterocycles. The van der Waals surface area contributed by atoms with E-state index in [-0.39, 0.29) is 12.3 Å². The monoisotopic (exact) mass is 290 g/mol. The van der Waals surface area contributed by atoms with Crippen LogP contribution >= 0.6 is 0 Å². The molecule has 0 unspecified atom stereocenters. The van der Waals surface area contributed by atoms with E-state index in [4.69, 9.17) is 4.42 Å². The van der Waals surface area contributed by atoms with Crippen molar-refractivity contribution in [2.75, 3.05) is 18.9 Å². The number of furan rings is 1. The number of halogens is 1. The number of carbonyl (C=O) groups excluding carboxylic acids is 2. The van der Waals surface area contributed by atoms with Gasteiger partial charge in [0.1, 0.15) is 11.6 Å². The zero-order valence-electron chi connectivity index (χ0n) is 11.7. The lowest BCUT2D eigenvalue weighted by Crippen LogP contribution is -2.34. The molecule has 1 heterocycles. The summed E-state index contributed by atoms with van der Waals surface area (Å²) < 4.78 is 18.2. The molecule has 0 spiro atoms. The summed E-state index contributed by atoms with van der Waals surface area (Å²) in [4.78, 5) is 25.0. The number of likely N-dealkylation sites (N-methyl/N-ethyl adjacent to an activating group) is 1. The van der Waals surface area contributed by atoms with Gasteiger partial charge in [-0.3, -0.25) is 9.59 Å². The van der Waals surface area contributed by atoms with Gasteiger partial charge in [0.15, 0.2) is 5.76 Å². The molecular formula is C15H15FN2O3. The molecule has 21 heavy (non-hydrogen) atoms. The SMILES string of the molecule is Cc1ccc(C(=O)N(C)CC(=O)Nc2cccc(F)c2)o1. The molecule has 2 rings (SSSR count). The van der Waals surface area contributed by atoms with Gasteiger partial charge in [0, 0.05) is 12.7 Å². The van der Waals surface area contributed by atoms with Crippen LogP contribution in [0, 0.1) is 12.7 Å². The van der Waals surface area contributed by atoms with E-state index in [9.17, 15) is 14.0 Å². The Balaban J connectivity index is 1.94. The maximum Gasteiger partial charge on any atom is 0.289 e. The van der Waals surface area contributed by atoms with Gasteiger partial charge >= 0.3 is 0 Å². The zero-order chi connectivity index (χ0) is 15.4. The highest BCUT2D eigenvalue weighted by atomic mass is 19.1. The van der Waals surface area contributed by atoms with Crippen LogP contribution in [-0.2, 0) is 4.79 Å².